The van der Waals surface area contributed by atoms with Gasteiger partial charge in [-0.3, -0.25) is 29.5 Å². The van der Waals surface area contributed by atoms with Gasteiger partial charge < -0.3 is 5.11 Å². The van der Waals surface area contributed by atoms with Gasteiger partial charge in [0.05, 0.1) is 16.3 Å². The van der Waals surface area contributed by atoms with Crippen molar-refractivity contribution in [2.75, 3.05) is 0 Å². The molecular weight excluding hydrogens is 404 g/mol. The number of aromatic amines is 1. The lowest BCUT2D eigenvalue weighted by Crippen LogP contribution is -2.16. The van der Waals surface area contributed by atoms with Crippen LogP contribution < -0.4 is 5.56 Å². The fraction of sp³-hybridized carbons (Fsp3) is 0.0952. The van der Waals surface area contributed by atoms with Crippen molar-refractivity contribution < 1.29 is 10.0 Å². The van der Waals surface area contributed by atoms with Crippen LogP contribution in [0.25, 0.3) is 17.3 Å². The maximum Gasteiger partial charge on any atom is 0.270 e. The van der Waals surface area contributed by atoms with Crippen molar-refractivity contribution in [2.45, 2.75) is 13.8 Å². The average Bonchev–Trinajstić information content (AvgIpc) is 3.00. The van der Waals surface area contributed by atoms with Gasteiger partial charge in [-0.05, 0) is 50.3 Å². The summed E-state index contributed by atoms with van der Waals surface area (Å²) in [6.07, 6.45) is 1.47. The van der Waals surface area contributed by atoms with E-state index in [0.29, 0.717) is 28.2 Å². The number of aliphatic imine (C=N–C) groups is 1. The molecule has 2 N–H and O–H groups in total. The van der Waals surface area contributed by atoms with Gasteiger partial charge in [0.1, 0.15) is 5.56 Å². The third-order valence-corrected chi connectivity index (χ3v) is 5.15. The molecule has 0 aliphatic carbocycles. The summed E-state index contributed by atoms with van der Waals surface area (Å²) in [4.78, 5) is 30.2. The minimum absolute atomic E-state index is 0.0203. The Hall–Kier alpha value is -3.85. The summed E-state index contributed by atoms with van der Waals surface area (Å²) in [7, 11) is 0. The number of aromatic hydroxyl groups is 1. The lowest BCUT2D eigenvalue weighted by molar-refractivity contribution is -0.384. The molecule has 0 saturated heterocycles. The summed E-state index contributed by atoms with van der Waals surface area (Å²) in [5.74, 6) is -0.327. The molecule has 4 rings (SSSR count). The van der Waals surface area contributed by atoms with E-state index < -0.39 is 10.5 Å². The number of nitrogens with zero attached hydrogens (tertiary/aromatic N) is 3. The van der Waals surface area contributed by atoms with Gasteiger partial charge in [-0.25, -0.2) is 0 Å². The Morgan fingerprint density at radius 2 is 1.90 bits per heavy atom. The van der Waals surface area contributed by atoms with Gasteiger partial charge in [-0.1, -0.05) is 17.7 Å². The summed E-state index contributed by atoms with van der Waals surface area (Å²) >= 11 is 5.24. The Bertz CT molecular complexity index is 1380. The molecule has 0 fully saturated rings. The highest BCUT2D eigenvalue weighted by atomic mass is 32.1. The molecule has 0 bridgehead atoms. The van der Waals surface area contributed by atoms with Crippen molar-refractivity contribution in [1.29, 1.82) is 0 Å². The molecular formula is C21H16N4O4S. The zero-order chi connectivity index (χ0) is 21.6. The number of allylic oxidation sites excluding steroid dienone is 1. The minimum Gasteiger partial charge on any atom is -0.494 e. The second-order valence-corrected chi connectivity index (χ2v) is 7.27. The van der Waals surface area contributed by atoms with Crippen LogP contribution in [-0.4, -0.2) is 25.3 Å². The quantitative estimate of drug-likeness (QED) is 0.369. The second kappa shape index (κ2) is 7.20. The van der Waals surface area contributed by atoms with E-state index in [1.165, 1.54) is 22.8 Å². The highest BCUT2D eigenvalue weighted by Crippen LogP contribution is 2.38. The summed E-state index contributed by atoms with van der Waals surface area (Å²) in [6, 6.07) is 11.6. The predicted octanol–water partition coefficient (Wildman–Crippen LogP) is 4.46. The molecule has 0 saturated carbocycles. The fourth-order valence-corrected chi connectivity index (χ4v) is 3.60. The van der Waals surface area contributed by atoms with E-state index in [9.17, 15) is 20.0 Å². The summed E-state index contributed by atoms with van der Waals surface area (Å²) in [6.45, 7) is 3.67. The van der Waals surface area contributed by atoms with Crippen LogP contribution in [0.5, 0.6) is 5.88 Å². The molecule has 1 aliphatic rings. The van der Waals surface area contributed by atoms with Crippen LogP contribution >= 0.6 is 12.2 Å². The largest absolute Gasteiger partial charge is 0.494 e. The van der Waals surface area contributed by atoms with Crippen molar-refractivity contribution in [2.24, 2.45) is 4.99 Å². The number of H-pyrrole nitrogens is 1. The minimum atomic E-state index is -0.569. The zero-order valence-corrected chi connectivity index (χ0v) is 16.9. The molecule has 0 spiro atoms. The average molecular weight is 420 g/mol. The first-order valence-corrected chi connectivity index (χ1v) is 9.38. The Labute approximate surface area is 175 Å². The topological polar surface area (TPSA) is 114 Å². The van der Waals surface area contributed by atoms with E-state index >= 15 is 0 Å². The molecule has 150 valence electrons. The van der Waals surface area contributed by atoms with E-state index in [1.54, 1.807) is 25.1 Å². The monoisotopic (exact) mass is 420 g/mol. The van der Waals surface area contributed by atoms with E-state index in [-0.39, 0.29) is 21.9 Å². The summed E-state index contributed by atoms with van der Waals surface area (Å²) < 4.78 is 1.41. The molecule has 0 radical (unpaired) electrons. The molecule has 2 aromatic carbocycles. The smallest absolute Gasteiger partial charge is 0.270 e. The van der Waals surface area contributed by atoms with Crippen molar-refractivity contribution in [1.82, 2.24) is 9.55 Å². The van der Waals surface area contributed by atoms with Crippen LogP contribution in [0, 0.1) is 21.8 Å². The van der Waals surface area contributed by atoms with Crippen LogP contribution in [-0.2, 0) is 0 Å². The van der Waals surface area contributed by atoms with Crippen LogP contribution in [0.2, 0.25) is 0 Å². The van der Waals surface area contributed by atoms with E-state index in [2.05, 4.69) is 9.98 Å². The Balaban J connectivity index is 1.93. The summed E-state index contributed by atoms with van der Waals surface area (Å²) in [5.41, 5.74) is 3.12. The maximum atomic E-state index is 12.6. The van der Waals surface area contributed by atoms with Gasteiger partial charge in [-0.2, -0.15) is 0 Å². The summed E-state index contributed by atoms with van der Waals surface area (Å²) in [5, 5.41) is 22.1. The number of aromatic nitrogens is 2. The van der Waals surface area contributed by atoms with Gasteiger partial charge in [-0.15, -0.1) is 0 Å². The van der Waals surface area contributed by atoms with E-state index in [4.69, 9.17) is 12.2 Å². The molecule has 9 heteroatoms. The molecule has 0 unspecified atom stereocenters. The standard InChI is InChI=1S/C21H16N4O4S/c1-11-3-5-13(6-4-11)24-20(27)17(19(26)23-21(24)30)10-15-12(2)22-18-8-7-14(25(28)29)9-16(15)18/h3-10,27H,1-2H3,(H,23,26,30). The molecule has 1 aromatic heterocycles. The Morgan fingerprint density at radius 3 is 2.57 bits per heavy atom. The Kier molecular flexibility index (Phi) is 4.67. The number of nitrogens with one attached hydrogen (secondary N) is 1. The lowest BCUT2D eigenvalue weighted by atomic mass is 10.0. The highest BCUT2D eigenvalue weighted by Gasteiger charge is 2.23. The van der Waals surface area contributed by atoms with Crippen LogP contribution in [0.1, 0.15) is 23.6 Å². The number of hydrogen-bond donors (Lipinski definition) is 2. The molecule has 2 heterocycles. The molecule has 0 amide bonds. The van der Waals surface area contributed by atoms with Crippen LogP contribution in [0.4, 0.5) is 11.4 Å². The number of nitro benzene ring substituents is 1. The van der Waals surface area contributed by atoms with Crippen molar-refractivity contribution in [3.63, 3.8) is 0 Å². The SMILES string of the molecule is CC1=Nc2ccc([N+](=O)[O-])cc2C1=Cc1c(O)n(-c2ccc(C)cc2)c(=S)[nH]c1=O. The van der Waals surface area contributed by atoms with Gasteiger partial charge in [0, 0.05) is 29.0 Å². The number of benzene rings is 2. The zero-order valence-electron chi connectivity index (χ0n) is 16.0. The number of hydrogen-bond acceptors (Lipinski definition) is 6. The normalized spacial score (nSPS) is 13.9. The predicted molar refractivity (Wildman–Crippen MR) is 117 cm³/mol. The van der Waals surface area contributed by atoms with E-state index in [0.717, 1.165) is 5.56 Å². The first-order valence-electron chi connectivity index (χ1n) is 8.98. The number of nitro groups is 1. The van der Waals surface area contributed by atoms with Crippen molar-refractivity contribution >= 4 is 41.0 Å². The number of aryl methyl sites for hydroxylation is 1. The number of fused-ring (bicyclic) bond motifs is 1. The van der Waals surface area contributed by atoms with Crippen molar-refractivity contribution in [3.8, 4) is 11.6 Å². The van der Waals surface area contributed by atoms with Gasteiger partial charge in [0.2, 0.25) is 5.88 Å². The van der Waals surface area contributed by atoms with Gasteiger partial charge in [0.25, 0.3) is 11.2 Å². The highest BCUT2D eigenvalue weighted by molar-refractivity contribution is 7.71. The molecule has 1 aliphatic heterocycles. The molecule has 8 nitrogen and oxygen atoms in total. The lowest BCUT2D eigenvalue weighted by Gasteiger charge is -2.12. The third-order valence-electron chi connectivity index (χ3n) is 4.86. The second-order valence-electron chi connectivity index (χ2n) is 6.88. The van der Waals surface area contributed by atoms with Crippen molar-refractivity contribution in [3.05, 3.63) is 84.4 Å². The number of non-ortho nitro benzene ring substituents is 1. The van der Waals surface area contributed by atoms with Crippen LogP contribution in [0.3, 0.4) is 0 Å². The first-order chi connectivity index (χ1) is 14.3. The van der Waals surface area contributed by atoms with Crippen LogP contribution in [0.15, 0.2) is 52.3 Å². The first kappa shape index (κ1) is 19.5. The Morgan fingerprint density at radius 1 is 1.20 bits per heavy atom. The number of rotatable bonds is 3. The third kappa shape index (κ3) is 3.25. The molecule has 3 aromatic rings. The molecule has 0 atom stereocenters. The molecule has 30 heavy (non-hydrogen) atoms. The fourth-order valence-electron chi connectivity index (χ4n) is 3.32. The van der Waals surface area contributed by atoms with Gasteiger partial charge in [0.15, 0.2) is 4.77 Å². The van der Waals surface area contributed by atoms with Gasteiger partial charge >= 0.3 is 0 Å². The maximum absolute atomic E-state index is 12.6. The van der Waals surface area contributed by atoms with E-state index in [1.807, 2.05) is 19.1 Å².